The molecule has 0 unspecified atom stereocenters. The second-order valence-electron chi connectivity index (χ2n) is 5.57. The highest BCUT2D eigenvalue weighted by Gasteiger charge is 2.17. The lowest BCUT2D eigenvalue weighted by atomic mass is 9.94. The average molecular weight is 356 g/mol. The third kappa shape index (κ3) is 4.35. The van der Waals surface area contributed by atoms with E-state index in [4.69, 9.17) is 10.3 Å². The molecule has 0 fully saturated rings. The van der Waals surface area contributed by atoms with Crippen LogP contribution in [-0.2, 0) is 6.42 Å². The third-order valence-corrected chi connectivity index (χ3v) is 3.73. The number of halogens is 2. The van der Waals surface area contributed by atoms with Crippen molar-refractivity contribution in [1.82, 2.24) is 10.1 Å². The van der Waals surface area contributed by atoms with Crippen LogP contribution in [0.5, 0.6) is 0 Å². The minimum Gasteiger partial charge on any atom is -0.339 e. The van der Waals surface area contributed by atoms with Gasteiger partial charge in [0.1, 0.15) is 5.82 Å². The molecule has 0 aliphatic heterocycles. The second kappa shape index (κ2) is 7.13. The number of aromatic nitrogens is 2. The Bertz CT molecular complexity index is 600. The molecule has 0 aliphatic carbocycles. The zero-order valence-corrected chi connectivity index (χ0v) is 13.7. The average Bonchev–Trinajstić information content (AvgIpc) is 2.88. The third-order valence-electron chi connectivity index (χ3n) is 3.24. The molecular weight excluding hydrogens is 337 g/mol. The molecule has 2 rings (SSSR count). The van der Waals surface area contributed by atoms with Crippen LogP contribution in [0.1, 0.15) is 26.2 Å². The SMILES string of the molecule is CC(C)C[C@H](CN)Cc1nc(-c2cc(Br)ccc2F)no1. The standard InChI is InChI=1S/C15H19BrFN3O/c1-9(2)5-10(8-18)6-14-19-15(20-21-14)12-7-11(16)3-4-13(12)17/h3-4,7,9-10H,5-6,8,18H2,1-2H3/t10-/m0/s1. The Morgan fingerprint density at radius 3 is 2.81 bits per heavy atom. The molecule has 1 aromatic carbocycles. The van der Waals surface area contributed by atoms with Crippen LogP contribution in [0.25, 0.3) is 11.4 Å². The monoisotopic (exact) mass is 355 g/mol. The van der Waals surface area contributed by atoms with Crippen LogP contribution in [0.3, 0.4) is 0 Å². The fraction of sp³-hybridized carbons (Fsp3) is 0.467. The van der Waals surface area contributed by atoms with Gasteiger partial charge in [-0.2, -0.15) is 4.98 Å². The van der Waals surface area contributed by atoms with E-state index in [-0.39, 0.29) is 11.6 Å². The van der Waals surface area contributed by atoms with Gasteiger partial charge in [0.15, 0.2) is 0 Å². The van der Waals surface area contributed by atoms with Gasteiger partial charge in [-0.25, -0.2) is 4.39 Å². The van der Waals surface area contributed by atoms with E-state index >= 15 is 0 Å². The fourth-order valence-corrected chi connectivity index (χ4v) is 2.65. The van der Waals surface area contributed by atoms with Gasteiger partial charge in [0.2, 0.25) is 11.7 Å². The summed E-state index contributed by atoms with van der Waals surface area (Å²) < 4.78 is 19.8. The molecule has 2 N–H and O–H groups in total. The van der Waals surface area contributed by atoms with Crippen molar-refractivity contribution in [2.45, 2.75) is 26.7 Å². The van der Waals surface area contributed by atoms with E-state index in [1.807, 2.05) is 0 Å². The summed E-state index contributed by atoms with van der Waals surface area (Å²) in [5, 5.41) is 3.87. The first-order valence-electron chi connectivity index (χ1n) is 6.97. The molecule has 0 radical (unpaired) electrons. The van der Waals surface area contributed by atoms with E-state index < -0.39 is 0 Å². The van der Waals surface area contributed by atoms with Crippen LogP contribution < -0.4 is 5.73 Å². The zero-order valence-electron chi connectivity index (χ0n) is 12.1. The summed E-state index contributed by atoms with van der Waals surface area (Å²) >= 11 is 3.31. The van der Waals surface area contributed by atoms with Crippen molar-refractivity contribution in [3.8, 4) is 11.4 Å². The fourth-order valence-electron chi connectivity index (χ4n) is 2.29. The minimum absolute atomic E-state index is 0.268. The summed E-state index contributed by atoms with van der Waals surface area (Å²) in [5.74, 6) is 1.25. The van der Waals surface area contributed by atoms with Crippen molar-refractivity contribution < 1.29 is 8.91 Å². The largest absolute Gasteiger partial charge is 0.339 e. The Morgan fingerprint density at radius 1 is 1.38 bits per heavy atom. The van der Waals surface area contributed by atoms with Crippen molar-refractivity contribution in [3.63, 3.8) is 0 Å². The quantitative estimate of drug-likeness (QED) is 0.855. The summed E-state index contributed by atoms with van der Waals surface area (Å²) in [6.07, 6.45) is 1.62. The highest BCUT2D eigenvalue weighted by atomic mass is 79.9. The van der Waals surface area contributed by atoms with Crippen molar-refractivity contribution in [2.24, 2.45) is 17.6 Å². The van der Waals surface area contributed by atoms with Crippen LogP contribution in [0.15, 0.2) is 27.2 Å². The second-order valence-corrected chi connectivity index (χ2v) is 6.49. The zero-order chi connectivity index (χ0) is 15.4. The molecule has 2 aromatic rings. The lowest BCUT2D eigenvalue weighted by Crippen LogP contribution is -2.19. The summed E-state index contributed by atoms with van der Waals surface area (Å²) in [6, 6.07) is 4.64. The van der Waals surface area contributed by atoms with Gasteiger partial charge in [-0.15, -0.1) is 0 Å². The molecule has 0 bridgehead atoms. The van der Waals surface area contributed by atoms with Gasteiger partial charge in [0.25, 0.3) is 0 Å². The van der Waals surface area contributed by atoms with Gasteiger partial charge in [-0.3, -0.25) is 0 Å². The Kier molecular flexibility index (Phi) is 5.47. The molecule has 0 saturated carbocycles. The van der Waals surface area contributed by atoms with E-state index in [1.165, 1.54) is 6.07 Å². The van der Waals surface area contributed by atoms with Gasteiger partial charge < -0.3 is 10.3 Å². The molecule has 0 aliphatic rings. The molecule has 1 aromatic heterocycles. The molecule has 114 valence electrons. The Labute approximate surface area is 132 Å². The molecule has 1 atom stereocenters. The molecule has 0 saturated heterocycles. The highest BCUT2D eigenvalue weighted by Crippen LogP contribution is 2.25. The number of benzene rings is 1. The van der Waals surface area contributed by atoms with Crippen LogP contribution in [0.4, 0.5) is 4.39 Å². The Balaban J connectivity index is 2.16. The number of hydrogen-bond acceptors (Lipinski definition) is 4. The van der Waals surface area contributed by atoms with Crippen LogP contribution >= 0.6 is 15.9 Å². The lowest BCUT2D eigenvalue weighted by molar-refractivity contribution is 0.332. The predicted octanol–water partition coefficient (Wildman–Crippen LogP) is 3.80. The summed E-state index contributed by atoms with van der Waals surface area (Å²) in [4.78, 5) is 4.28. The molecule has 1 heterocycles. The number of hydrogen-bond donors (Lipinski definition) is 1. The van der Waals surface area contributed by atoms with Crippen LogP contribution in [0.2, 0.25) is 0 Å². The number of rotatable bonds is 6. The van der Waals surface area contributed by atoms with Gasteiger partial charge >= 0.3 is 0 Å². The maximum absolute atomic E-state index is 13.8. The normalized spacial score (nSPS) is 12.9. The topological polar surface area (TPSA) is 64.9 Å². The van der Waals surface area contributed by atoms with Crippen molar-refractivity contribution in [3.05, 3.63) is 34.4 Å². The van der Waals surface area contributed by atoms with Crippen LogP contribution in [-0.4, -0.2) is 16.7 Å². The highest BCUT2D eigenvalue weighted by molar-refractivity contribution is 9.10. The molecular formula is C15H19BrFN3O. The first-order valence-corrected chi connectivity index (χ1v) is 7.77. The first-order chi connectivity index (χ1) is 9.99. The van der Waals surface area contributed by atoms with Crippen molar-refractivity contribution >= 4 is 15.9 Å². The van der Waals surface area contributed by atoms with E-state index in [2.05, 4.69) is 39.9 Å². The molecule has 0 amide bonds. The van der Waals surface area contributed by atoms with Gasteiger partial charge in [-0.1, -0.05) is 34.9 Å². The van der Waals surface area contributed by atoms with Gasteiger partial charge in [0, 0.05) is 10.9 Å². The van der Waals surface area contributed by atoms with Gasteiger partial charge in [-0.05, 0) is 43.0 Å². The first kappa shape index (κ1) is 16.1. The Morgan fingerprint density at radius 2 is 2.14 bits per heavy atom. The van der Waals surface area contributed by atoms with Gasteiger partial charge in [0.05, 0.1) is 5.56 Å². The number of nitrogens with zero attached hydrogens (tertiary/aromatic N) is 2. The van der Waals surface area contributed by atoms with Crippen molar-refractivity contribution in [2.75, 3.05) is 6.54 Å². The van der Waals surface area contributed by atoms with Crippen LogP contribution in [0, 0.1) is 17.7 Å². The van der Waals surface area contributed by atoms with Crippen molar-refractivity contribution in [1.29, 1.82) is 0 Å². The molecule has 0 spiro atoms. The summed E-state index contributed by atoms with van der Waals surface area (Å²) in [7, 11) is 0. The molecule has 21 heavy (non-hydrogen) atoms. The van der Waals surface area contributed by atoms with E-state index in [0.29, 0.717) is 36.3 Å². The molecule has 6 heteroatoms. The summed E-state index contributed by atoms with van der Waals surface area (Å²) in [6.45, 7) is 4.87. The minimum atomic E-state index is -0.372. The maximum Gasteiger partial charge on any atom is 0.227 e. The summed E-state index contributed by atoms with van der Waals surface area (Å²) in [5.41, 5.74) is 6.10. The van der Waals surface area contributed by atoms with E-state index in [9.17, 15) is 4.39 Å². The van der Waals surface area contributed by atoms with E-state index in [0.717, 1.165) is 10.9 Å². The maximum atomic E-state index is 13.8. The molecule has 4 nitrogen and oxygen atoms in total. The lowest BCUT2D eigenvalue weighted by Gasteiger charge is -2.14. The van der Waals surface area contributed by atoms with E-state index in [1.54, 1.807) is 12.1 Å². The Hall–Kier alpha value is -1.27. The smallest absolute Gasteiger partial charge is 0.227 e. The predicted molar refractivity (Wildman–Crippen MR) is 83.1 cm³/mol. The number of nitrogens with two attached hydrogens (primary N) is 1.